The van der Waals surface area contributed by atoms with Gasteiger partial charge in [0.15, 0.2) is 0 Å². The van der Waals surface area contributed by atoms with Crippen molar-refractivity contribution in [2.45, 2.75) is 38.3 Å². The standard InChI is InChI=1S/C10H18N2O4/c1-2-8(9(13)14)12-10(15)11-7-3-5-16-6-4-7/h7-8H,2-6H2,1H3,(H,13,14)(H2,11,12,15). The van der Waals surface area contributed by atoms with E-state index in [1.54, 1.807) is 6.92 Å². The number of nitrogens with one attached hydrogen (secondary N) is 2. The van der Waals surface area contributed by atoms with Crippen molar-refractivity contribution >= 4 is 12.0 Å². The summed E-state index contributed by atoms with van der Waals surface area (Å²) >= 11 is 0. The van der Waals surface area contributed by atoms with Gasteiger partial charge in [-0.05, 0) is 19.3 Å². The van der Waals surface area contributed by atoms with E-state index in [1.807, 2.05) is 0 Å². The van der Waals surface area contributed by atoms with Crippen LogP contribution >= 0.6 is 0 Å². The van der Waals surface area contributed by atoms with Crippen LogP contribution in [-0.2, 0) is 9.53 Å². The Morgan fingerprint density at radius 2 is 2.06 bits per heavy atom. The van der Waals surface area contributed by atoms with Gasteiger partial charge in [-0.2, -0.15) is 0 Å². The Kier molecular flexibility index (Phi) is 5.04. The smallest absolute Gasteiger partial charge is 0.326 e. The van der Waals surface area contributed by atoms with E-state index in [0.29, 0.717) is 19.6 Å². The molecule has 0 saturated carbocycles. The summed E-state index contributed by atoms with van der Waals surface area (Å²) in [5.41, 5.74) is 0. The van der Waals surface area contributed by atoms with Crippen molar-refractivity contribution in [3.8, 4) is 0 Å². The quantitative estimate of drug-likeness (QED) is 0.649. The summed E-state index contributed by atoms with van der Waals surface area (Å²) in [7, 11) is 0. The van der Waals surface area contributed by atoms with E-state index in [-0.39, 0.29) is 6.04 Å². The van der Waals surface area contributed by atoms with Gasteiger partial charge >= 0.3 is 12.0 Å². The highest BCUT2D eigenvalue weighted by Crippen LogP contribution is 2.05. The monoisotopic (exact) mass is 230 g/mol. The van der Waals surface area contributed by atoms with Crippen molar-refractivity contribution in [2.24, 2.45) is 0 Å². The summed E-state index contributed by atoms with van der Waals surface area (Å²) in [5.74, 6) is -1.01. The van der Waals surface area contributed by atoms with Crippen LogP contribution in [0.15, 0.2) is 0 Å². The van der Waals surface area contributed by atoms with Crippen LogP contribution in [0.5, 0.6) is 0 Å². The Morgan fingerprint density at radius 3 is 2.56 bits per heavy atom. The number of carboxylic acid groups (broad SMARTS) is 1. The first kappa shape index (κ1) is 12.8. The molecule has 0 aromatic carbocycles. The van der Waals surface area contributed by atoms with E-state index in [4.69, 9.17) is 9.84 Å². The zero-order chi connectivity index (χ0) is 12.0. The lowest BCUT2D eigenvalue weighted by Gasteiger charge is -2.24. The van der Waals surface area contributed by atoms with Gasteiger partial charge in [0.25, 0.3) is 0 Å². The van der Waals surface area contributed by atoms with E-state index in [1.165, 1.54) is 0 Å². The van der Waals surface area contributed by atoms with Gasteiger partial charge in [-0.15, -0.1) is 0 Å². The first-order chi connectivity index (χ1) is 7.63. The second kappa shape index (κ2) is 6.32. The van der Waals surface area contributed by atoms with Crippen LogP contribution in [0, 0.1) is 0 Å². The molecule has 1 unspecified atom stereocenters. The maximum Gasteiger partial charge on any atom is 0.326 e. The predicted molar refractivity (Wildman–Crippen MR) is 57.2 cm³/mol. The zero-order valence-electron chi connectivity index (χ0n) is 9.36. The summed E-state index contributed by atoms with van der Waals surface area (Å²) in [4.78, 5) is 22.2. The number of carbonyl (C=O) groups excluding carboxylic acids is 1. The average molecular weight is 230 g/mol. The minimum atomic E-state index is -1.01. The molecule has 0 aliphatic carbocycles. The molecule has 6 nitrogen and oxygen atoms in total. The normalized spacial score (nSPS) is 18.8. The third-order valence-electron chi connectivity index (χ3n) is 2.57. The highest BCUT2D eigenvalue weighted by molar-refractivity contribution is 5.82. The van der Waals surface area contributed by atoms with Gasteiger partial charge in [0.1, 0.15) is 6.04 Å². The number of carboxylic acids is 1. The third kappa shape index (κ3) is 4.06. The molecule has 1 fully saturated rings. The van der Waals surface area contributed by atoms with Crippen LogP contribution in [0.2, 0.25) is 0 Å². The van der Waals surface area contributed by atoms with Gasteiger partial charge < -0.3 is 20.5 Å². The van der Waals surface area contributed by atoms with Gasteiger partial charge in [-0.25, -0.2) is 9.59 Å². The third-order valence-corrected chi connectivity index (χ3v) is 2.57. The summed E-state index contributed by atoms with van der Waals surface area (Å²) in [5, 5.41) is 13.9. The molecule has 0 aromatic heterocycles. The fourth-order valence-corrected chi connectivity index (χ4v) is 1.57. The predicted octanol–water partition coefficient (Wildman–Crippen LogP) is 0.328. The Hall–Kier alpha value is -1.30. The van der Waals surface area contributed by atoms with Crippen LogP contribution < -0.4 is 10.6 Å². The molecule has 0 radical (unpaired) electrons. The number of carbonyl (C=O) groups is 2. The van der Waals surface area contributed by atoms with Crippen molar-refractivity contribution < 1.29 is 19.4 Å². The van der Waals surface area contributed by atoms with E-state index in [2.05, 4.69) is 10.6 Å². The number of hydrogen-bond acceptors (Lipinski definition) is 3. The van der Waals surface area contributed by atoms with Crippen LogP contribution in [0.1, 0.15) is 26.2 Å². The van der Waals surface area contributed by atoms with Crippen LogP contribution in [0.4, 0.5) is 4.79 Å². The molecule has 0 aromatic rings. The lowest BCUT2D eigenvalue weighted by molar-refractivity contribution is -0.139. The lowest BCUT2D eigenvalue weighted by Crippen LogP contribution is -2.49. The molecule has 16 heavy (non-hydrogen) atoms. The highest BCUT2D eigenvalue weighted by Gasteiger charge is 2.20. The fraction of sp³-hybridized carbons (Fsp3) is 0.800. The van der Waals surface area contributed by atoms with E-state index in [9.17, 15) is 9.59 Å². The largest absolute Gasteiger partial charge is 0.480 e. The van der Waals surface area contributed by atoms with Gasteiger partial charge in [-0.3, -0.25) is 0 Å². The van der Waals surface area contributed by atoms with Crippen molar-refractivity contribution in [2.75, 3.05) is 13.2 Å². The molecule has 1 rings (SSSR count). The van der Waals surface area contributed by atoms with Gasteiger partial charge in [-0.1, -0.05) is 6.92 Å². The SMILES string of the molecule is CCC(NC(=O)NC1CCOCC1)C(=O)O. The first-order valence-corrected chi connectivity index (χ1v) is 5.51. The number of amides is 2. The number of ether oxygens (including phenoxy) is 1. The Labute approximate surface area is 94.3 Å². The summed E-state index contributed by atoms with van der Waals surface area (Å²) in [6.07, 6.45) is 1.92. The number of urea groups is 1. The number of hydrogen-bond donors (Lipinski definition) is 3. The molecule has 1 aliphatic heterocycles. The van der Waals surface area contributed by atoms with Crippen LogP contribution in [0.3, 0.4) is 0 Å². The second-order valence-electron chi connectivity index (χ2n) is 3.80. The Bertz CT molecular complexity index is 251. The lowest BCUT2D eigenvalue weighted by atomic mass is 10.1. The minimum Gasteiger partial charge on any atom is -0.480 e. The maximum absolute atomic E-state index is 11.5. The summed E-state index contributed by atoms with van der Waals surface area (Å²) in [6, 6.07) is -1.15. The molecule has 92 valence electrons. The molecule has 1 aliphatic rings. The minimum absolute atomic E-state index is 0.0834. The average Bonchev–Trinajstić information content (AvgIpc) is 2.27. The molecular formula is C10H18N2O4. The Balaban J connectivity index is 2.31. The molecule has 1 saturated heterocycles. The van der Waals surface area contributed by atoms with E-state index >= 15 is 0 Å². The van der Waals surface area contributed by atoms with Crippen molar-refractivity contribution in [3.63, 3.8) is 0 Å². The molecule has 6 heteroatoms. The number of aliphatic carboxylic acids is 1. The number of rotatable bonds is 4. The molecule has 0 bridgehead atoms. The van der Waals surface area contributed by atoms with Gasteiger partial charge in [0.2, 0.25) is 0 Å². The first-order valence-electron chi connectivity index (χ1n) is 5.51. The molecule has 1 heterocycles. The van der Waals surface area contributed by atoms with Crippen LogP contribution in [0.25, 0.3) is 0 Å². The summed E-state index contributed by atoms with van der Waals surface area (Å²) in [6.45, 7) is 3.00. The molecule has 1 atom stereocenters. The van der Waals surface area contributed by atoms with E-state index < -0.39 is 18.0 Å². The summed E-state index contributed by atoms with van der Waals surface area (Å²) < 4.78 is 5.16. The van der Waals surface area contributed by atoms with Crippen molar-refractivity contribution in [3.05, 3.63) is 0 Å². The van der Waals surface area contributed by atoms with Gasteiger partial charge in [0, 0.05) is 19.3 Å². The topological polar surface area (TPSA) is 87.7 Å². The van der Waals surface area contributed by atoms with Crippen molar-refractivity contribution in [1.82, 2.24) is 10.6 Å². The zero-order valence-corrected chi connectivity index (χ0v) is 9.36. The molecule has 2 amide bonds. The fourth-order valence-electron chi connectivity index (χ4n) is 1.57. The molecule has 3 N–H and O–H groups in total. The van der Waals surface area contributed by atoms with Gasteiger partial charge in [0.05, 0.1) is 0 Å². The van der Waals surface area contributed by atoms with Crippen molar-refractivity contribution in [1.29, 1.82) is 0 Å². The molecule has 0 spiro atoms. The second-order valence-corrected chi connectivity index (χ2v) is 3.80. The Morgan fingerprint density at radius 1 is 1.44 bits per heavy atom. The highest BCUT2D eigenvalue weighted by atomic mass is 16.5. The molecular weight excluding hydrogens is 212 g/mol. The van der Waals surface area contributed by atoms with E-state index in [0.717, 1.165) is 12.8 Å². The van der Waals surface area contributed by atoms with Crippen LogP contribution in [-0.4, -0.2) is 42.4 Å². The maximum atomic E-state index is 11.5.